The summed E-state index contributed by atoms with van der Waals surface area (Å²) in [7, 11) is 1.76. The molecular weight excluding hydrogens is 324 g/mol. The summed E-state index contributed by atoms with van der Waals surface area (Å²) in [6.45, 7) is 1.95. The van der Waals surface area contributed by atoms with E-state index in [9.17, 15) is 9.59 Å². The molecule has 0 aliphatic rings. The van der Waals surface area contributed by atoms with Crippen molar-refractivity contribution in [1.82, 2.24) is 10.2 Å². The van der Waals surface area contributed by atoms with E-state index in [2.05, 4.69) is 5.32 Å². The molecule has 0 aliphatic heterocycles. The molecule has 24 heavy (non-hydrogen) atoms. The Kier molecular flexibility index (Phi) is 6.38. The number of carbonyl (C=O) groups is 2. The van der Waals surface area contributed by atoms with Gasteiger partial charge in [-0.15, -0.1) is 0 Å². The number of nitrogens with zero attached hydrogens (tertiary/aromatic N) is 1. The van der Waals surface area contributed by atoms with Crippen LogP contribution in [0.5, 0.6) is 0 Å². The summed E-state index contributed by atoms with van der Waals surface area (Å²) in [5, 5.41) is 3.52. The average molecular weight is 345 g/mol. The van der Waals surface area contributed by atoms with E-state index in [0.717, 1.165) is 11.1 Å². The largest absolute Gasteiger partial charge is 0.349 e. The quantitative estimate of drug-likeness (QED) is 0.871. The Morgan fingerprint density at radius 1 is 1.08 bits per heavy atom. The summed E-state index contributed by atoms with van der Waals surface area (Å²) in [6, 6.07) is 16.6. The van der Waals surface area contributed by atoms with Crippen molar-refractivity contribution in [1.29, 1.82) is 0 Å². The molecule has 5 heteroatoms. The topological polar surface area (TPSA) is 49.4 Å². The number of nitrogens with one attached hydrogen (secondary N) is 1. The monoisotopic (exact) mass is 344 g/mol. The van der Waals surface area contributed by atoms with Crippen LogP contribution in [0, 0.1) is 0 Å². The van der Waals surface area contributed by atoms with Gasteiger partial charge in [0.2, 0.25) is 11.8 Å². The van der Waals surface area contributed by atoms with Gasteiger partial charge in [-0.25, -0.2) is 0 Å². The zero-order valence-corrected chi connectivity index (χ0v) is 14.6. The molecule has 2 rings (SSSR count). The Morgan fingerprint density at radius 3 is 2.29 bits per heavy atom. The van der Waals surface area contributed by atoms with Crippen LogP contribution in [0.2, 0.25) is 5.02 Å². The maximum atomic E-state index is 12.5. The van der Waals surface area contributed by atoms with Gasteiger partial charge in [0.05, 0.1) is 12.5 Å². The third-order valence-corrected chi connectivity index (χ3v) is 3.97. The number of rotatable bonds is 6. The number of hydrogen-bond donors (Lipinski definition) is 1. The molecule has 2 aromatic carbocycles. The van der Waals surface area contributed by atoms with Gasteiger partial charge in [0, 0.05) is 25.5 Å². The molecule has 1 atom stereocenters. The SMILES string of the molecule is CC(=O)NC(CC(=O)N(C)Cc1ccc(Cl)cc1)c1ccccc1. The third kappa shape index (κ3) is 5.39. The van der Waals surface area contributed by atoms with Crippen molar-refractivity contribution in [2.75, 3.05) is 7.05 Å². The van der Waals surface area contributed by atoms with E-state index in [4.69, 9.17) is 11.6 Å². The minimum absolute atomic E-state index is 0.0347. The molecule has 0 aliphatic carbocycles. The van der Waals surface area contributed by atoms with Crippen molar-refractivity contribution in [2.24, 2.45) is 0 Å². The minimum atomic E-state index is -0.330. The van der Waals surface area contributed by atoms with Crippen LogP contribution in [-0.2, 0) is 16.1 Å². The summed E-state index contributed by atoms with van der Waals surface area (Å²) >= 11 is 5.88. The average Bonchev–Trinajstić information content (AvgIpc) is 2.56. The Balaban J connectivity index is 2.03. The van der Waals surface area contributed by atoms with Crippen molar-refractivity contribution >= 4 is 23.4 Å². The Hall–Kier alpha value is -2.33. The molecule has 0 saturated carbocycles. The van der Waals surface area contributed by atoms with Gasteiger partial charge in [0.25, 0.3) is 0 Å². The van der Waals surface area contributed by atoms with Crippen molar-refractivity contribution in [3.05, 3.63) is 70.7 Å². The van der Waals surface area contributed by atoms with Crippen LogP contribution in [0.25, 0.3) is 0 Å². The molecule has 0 radical (unpaired) electrons. The zero-order valence-electron chi connectivity index (χ0n) is 13.8. The Labute approximate surface area is 147 Å². The molecule has 2 aromatic rings. The molecule has 2 amide bonds. The molecule has 0 saturated heterocycles. The van der Waals surface area contributed by atoms with Crippen LogP contribution in [0.3, 0.4) is 0 Å². The number of hydrogen-bond acceptors (Lipinski definition) is 2. The van der Waals surface area contributed by atoms with Gasteiger partial charge < -0.3 is 10.2 Å². The molecule has 0 aromatic heterocycles. The number of carbonyl (C=O) groups excluding carboxylic acids is 2. The first-order chi connectivity index (χ1) is 11.5. The van der Waals surface area contributed by atoms with E-state index < -0.39 is 0 Å². The lowest BCUT2D eigenvalue weighted by Gasteiger charge is -2.22. The van der Waals surface area contributed by atoms with Gasteiger partial charge in [0.15, 0.2) is 0 Å². The van der Waals surface area contributed by atoms with Crippen molar-refractivity contribution in [3.63, 3.8) is 0 Å². The van der Waals surface area contributed by atoms with Gasteiger partial charge in [-0.1, -0.05) is 54.1 Å². The van der Waals surface area contributed by atoms with Crippen molar-refractivity contribution < 1.29 is 9.59 Å². The zero-order chi connectivity index (χ0) is 17.5. The van der Waals surface area contributed by atoms with Crippen LogP contribution in [0.4, 0.5) is 0 Å². The number of amides is 2. The second-order valence-electron chi connectivity index (χ2n) is 5.74. The van der Waals surface area contributed by atoms with E-state index in [-0.39, 0.29) is 24.3 Å². The van der Waals surface area contributed by atoms with Crippen molar-refractivity contribution in [2.45, 2.75) is 25.9 Å². The predicted molar refractivity (Wildman–Crippen MR) is 95.5 cm³/mol. The molecule has 126 valence electrons. The third-order valence-electron chi connectivity index (χ3n) is 3.72. The van der Waals surface area contributed by atoms with E-state index in [1.807, 2.05) is 42.5 Å². The molecule has 0 bridgehead atoms. The first-order valence-electron chi connectivity index (χ1n) is 7.76. The van der Waals surface area contributed by atoms with E-state index in [1.54, 1.807) is 24.1 Å². The smallest absolute Gasteiger partial charge is 0.225 e. The second kappa shape index (κ2) is 8.50. The van der Waals surface area contributed by atoms with Gasteiger partial charge in [-0.3, -0.25) is 9.59 Å². The van der Waals surface area contributed by atoms with Crippen LogP contribution >= 0.6 is 11.6 Å². The lowest BCUT2D eigenvalue weighted by Crippen LogP contribution is -2.33. The first kappa shape index (κ1) is 18.0. The second-order valence-corrected chi connectivity index (χ2v) is 6.18. The Morgan fingerprint density at radius 2 is 1.71 bits per heavy atom. The highest BCUT2D eigenvalue weighted by atomic mass is 35.5. The van der Waals surface area contributed by atoms with Crippen LogP contribution in [0.15, 0.2) is 54.6 Å². The van der Waals surface area contributed by atoms with Gasteiger partial charge in [-0.2, -0.15) is 0 Å². The molecule has 4 nitrogen and oxygen atoms in total. The summed E-state index contributed by atoms with van der Waals surface area (Å²) in [6.07, 6.45) is 0.216. The first-order valence-corrected chi connectivity index (χ1v) is 8.14. The fourth-order valence-corrected chi connectivity index (χ4v) is 2.59. The lowest BCUT2D eigenvalue weighted by molar-refractivity contribution is -0.131. The van der Waals surface area contributed by atoms with E-state index in [0.29, 0.717) is 11.6 Å². The summed E-state index contributed by atoms with van der Waals surface area (Å²) in [4.78, 5) is 25.6. The highest BCUT2D eigenvalue weighted by Crippen LogP contribution is 2.18. The highest BCUT2D eigenvalue weighted by molar-refractivity contribution is 6.30. The van der Waals surface area contributed by atoms with Gasteiger partial charge >= 0.3 is 0 Å². The van der Waals surface area contributed by atoms with Crippen LogP contribution in [-0.4, -0.2) is 23.8 Å². The number of halogens is 1. The molecule has 0 fully saturated rings. The molecule has 1 N–H and O–H groups in total. The Bertz CT molecular complexity index is 686. The lowest BCUT2D eigenvalue weighted by atomic mass is 10.0. The van der Waals surface area contributed by atoms with Gasteiger partial charge in [0.1, 0.15) is 0 Å². The summed E-state index contributed by atoms with van der Waals surface area (Å²) in [5.41, 5.74) is 1.92. The minimum Gasteiger partial charge on any atom is -0.349 e. The molecular formula is C19H21ClN2O2. The van der Waals surface area contributed by atoms with E-state index in [1.165, 1.54) is 6.92 Å². The summed E-state index contributed by atoms with van der Waals surface area (Å²) in [5.74, 6) is -0.190. The maximum absolute atomic E-state index is 12.5. The highest BCUT2D eigenvalue weighted by Gasteiger charge is 2.19. The maximum Gasteiger partial charge on any atom is 0.225 e. The molecule has 1 unspecified atom stereocenters. The number of benzene rings is 2. The molecule has 0 heterocycles. The standard InChI is InChI=1S/C19H21ClN2O2/c1-14(23)21-18(16-6-4-3-5-7-16)12-19(24)22(2)13-15-8-10-17(20)11-9-15/h3-11,18H,12-13H2,1-2H3,(H,21,23). The predicted octanol–water partition coefficient (Wildman–Crippen LogP) is 3.57. The molecule has 0 spiro atoms. The van der Waals surface area contributed by atoms with Crippen LogP contribution in [0.1, 0.15) is 30.5 Å². The summed E-state index contributed by atoms with van der Waals surface area (Å²) < 4.78 is 0. The fraction of sp³-hybridized carbons (Fsp3) is 0.263. The van der Waals surface area contributed by atoms with E-state index >= 15 is 0 Å². The fourth-order valence-electron chi connectivity index (χ4n) is 2.47. The van der Waals surface area contributed by atoms with Gasteiger partial charge in [-0.05, 0) is 23.3 Å². The normalized spacial score (nSPS) is 11.6. The van der Waals surface area contributed by atoms with Crippen molar-refractivity contribution in [3.8, 4) is 0 Å². The van der Waals surface area contributed by atoms with Crippen LogP contribution < -0.4 is 5.32 Å².